The largest absolute Gasteiger partial charge is 0.477 e. The van der Waals surface area contributed by atoms with Gasteiger partial charge >= 0.3 is 5.97 Å². The highest BCUT2D eigenvalue weighted by molar-refractivity contribution is 5.97. The number of likely N-dealkylation sites (N-methyl/N-ethyl adjacent to an activating group) is 1. The van der Waals surface area contributed by atoms with E-state index in [0.717, 1.165) is 6.54 Å². The predicted octanol–water partition coefficient (Wildman–Crippen LogP) is 1.36. The molecule has 146 valence electrons. The summed E-state index contributed by atoms with van der Waals surface area (Å²) in [4.78, 5) is 30.3. The molecule has 0 spiro atoms. The maximum atomic E-state index is 14.7. The molecule has 2 aromatic heterocycles. The van der Waals surface area contributed by atoms with Gasteiger partial charge < -0.3 is 20.7 Å². The van der Waals surface area contributed by atoms with Crippen molar-refractivity contribution in [1.29, 1.82) is 0 Å². The third-order valence-electron chi connectivity index (χ3n) is 5.03. The molecule has 0 saturated carbocycles. The molecule has 4 rings (SSSR count). The molecular formula is C19H20FN5O3. The number of pyridine rings is 2. The second-order valence-corrected chi connectivity index (χ2v) is 6.79. The number of carboxylic acid groups (broad SMARTS) is 1. The predicted molar refractivity (Wildman–Crippen MR) is 105 cm³/mol. The van der Waals surface area contributed by atoms with E-state index in [1.54, 1.807) is 13.1 Å². The maximum Gasteiger partial charge on any atom is 0.341 e. The Kier molecular flexibility index (Phi) is 4.38. The van der Waals surface area contributed by atoms with E-state index in [9.17, 15) is 19.1 Å². The average Bonchev–Trinajstić information content (AvgIpc) is 2.63. The van der Waals surface area contributed by atoms with Crippen LogP contribution in [0.15, 0.2) is 29.2 Å². The Morgan fingerprint density at radius 3 is 2.75 bits per heavy atom. The van der Waals surface area contributed by atoms with Gasteiger partial charge in [0, 0.05) is 37.8 Å². The molecule has 0 unspecified atom stereocenters. The fourth-order valence-corrected chi connectivity index (χ4v) is 3.58. The summed E-state index contributed by atoms with van der Waals surface area (Å²) in [6.45, 7) is 4.33. The first-order valence-corrected chi connectivity index (χ1v) is 9.02. The minimum absolute atomic E-state index is 0.116. The smallest absolute Gasteiger partial charge is 0.341 e. The van der Waals surface area contributed by atoms with E-state index in [-0.39, 0.29) is 16.6 Å². The van der Waals surface area contributed by atoms with Crippen molar-refractivity contribution in [2.75, 3.05) is 37.0 Å². The molecule has 1 aliphatic rings. The standard InChI is InChI=1S/C19H20FN5O3/c1-3-22-11-7-24(8-11)16-6-15-10(5-14(16)20)4-12-17(26)13(19(27)28)9-25(21-2)18(12)23-15/h4-6,9,11,21-22H,3,7-8H2,1-2H3,(H,27,28). The number of anilines is 1. The number of benzene rings is 1. The van der Waals surface area contributed by atoms with Gasteiger partial charge in [0.05, 0.1) is 16.6 Å². The first-order valence-electron chi connectivity index (χ1n) is 9.02. The van der Waals surface area contributed by atoms with Crippen LogP contribution >= 0.6 is 0 Å². The summed E-state index contributed by atoms with van der Waals surface area (Å²) in [5.41, 5.74) is 3.06. The van der Waals surface area contributed by atoms with E-state index in [1.807, 2.05) is 11.8 Å². The van der Waals surface area contributed by atoms with Crippen molar-refractivity contribution in [2.45, 2.75) is 13.0 Å². The third kappa shape index (κ3) is 2.84. The van der Waals surface area contributed by atoms with Gasteiger partial charge in [-0.3, -0.25) is 4.79 Å². The minimum Gasteiger partial charge on any atom is -0.477 e. The van der Waals surface area contributed by atoms with Gasteiger partial charge in [-0.25, -0.2) is 18.8 Å². The van der Waals surface area contributed by atoms with Crippen LogP contribution < -0.4 is 21.1 Å². The van der Waals surface area contributed by atoms with Crippen LogP contribution in [0.5, 0.6) is 0 Å². The highest BCUT2D eigenvalue weighted by atomic mass is 19.1. The molecule has 9 heteroatoms. The molecule has 0 atom stereocenters. The average molecular weight is 385 g/mol. The molecule has 0 aliphatic carbocycles. The zero-order valence-corrected chi connectivity index (χ0v) is 15.5. The van der Waals surface area contributed by atoms with E-state index in [0.29, 0.717) is 35.7 Å². The van der Waals surface area contributed by atoms with Crippen molar-refractivity contribution in [3.05, 3.63) is 46.0 Å². The first-order chi connectivity index (χ1) is 13.4. The highest BCUT2D eigenvalue weighted by Crippen LogP contribution is 2.29. The Bertz CT molecular complexity index is 1150. The van der Waals surface area contributed by atoms with Gasteiger partial charge in [-0.2, -0.15) is 0 Å². The van der Waals surface area contributed by atoms with Crippen LogP contribution in [0.25, 0.3) is 21.9 Å². The number of nitrogens with one attached hydrogen (secondary N) is 2. The highest BCUT2D eigenvalue weighted by Gasteiger charge is 2.28. The normalized spacial score (nSPS) is 14.5. The molecule has 1 saturated heterocycles. The summed E-state index contributed by atoms with van der Waals surface area (Å²) in [6.07, 6.45) is 1.20. The van der Waals surface area contributed by atoms with Gasteiger partial charge in [-0.1, -0.05) is 6.92 Å². The van der Waals surface area contributed by atoms with Crippen LogP contribution in [0, 0.1) is 5.82 Å². The number of aromatic nitrogens is 2. The number of carbonyl (C=O) groups is 1. The number of aromatic carboxylic acids is 1. The van der Waals surface area contributed by atoms with Crippen LogP contribution in [-0.4, -0.2) is 53.5 Å². The number of hydrogen-bond acceptors (Lipinski definition) is 6. The third-order valence-corrected chi connectivity index (χ3v) is 5.03. The van der Waals surface area contributed by atoms with Crippen molar-refractivity contribution in [1.82, 2.24) is 15.0 Å². The fourth-order valence-electron chi connectivity index (χ4n) is 3.58. The molecule has 3 N–H and O–H groups in total. The van der Waals surface area contributed by atoms with Gasteiger partial charge in [-0.05, 0) is 24.7 Å². The number of rotatable bonds is 5. The SMILES string of the molecule is CCNC1CN(c2cc3nc4c(cc3cc2F)c(=O)c(C(=O)O)cn4NC)C1. The summed E-state index contributed by atoms with van der Waals surface area (Å²) in [7, 11) is 1.60. The lowest BCUT2D eigenvalue weighted by Crippen LogP contribution is -2.58. The van der Waals surface area contributed by atoms with Crippen LogP contribution in [0.1, 0.15) is 17.3 Å². The van der Waals surface area contributed by atoms with Crippen molar-refractivity contribution in [3.63, 3.8) is 0 Å². The van der Waals surface area contributed by atoms with Crippen molar-refractivity contribution < 1.29 is 14.3 Å². The number of carboxylic acids is 1. The Balaban J connectivity index is 1.86. The summed E-state index contributed by atoms with van der Waals surface area (Å²) in [5, 5.41) is 13.1. The first kappa shape index (κ1) is 18.2. The van der Waals surface area contributed by atoms with E-state index < -0.39 is 17.2 Å². The van der Waals surface area contributed by atoms with Crippen molar-refractivity contribution in [3.8, 4) is 0 Å². The van der Waals surface area contributed by atoms with Gasteiger partial charge in [0.15, 0.2) is 5.65 Å². The summed E-state index contributed by atoms with van der Waals surface area (Å²) >= 11 is 0. The minimum atomic E-state index is -1.33. The molecule has 0 radical (unpaired) electrons. The molecule has 0 bridgehead atoms. The summed E-state index contributed by atoms with van der Waals surface area (Å²) in [5.74, 6) is -1.72. The van der Waals surface area contributed by atoms with E-state index in [4.69, 9.17) is 0 Å². The monoisotopic (exact) mass is 385 g/mol. The second-order valence-electron chi connectivity index (χ2n) is 6.79. The molecule has 1 fully saturated rings. The van der Waals surface area contributed by atoms with Crippen LogP contribution in [0.4, 0.5) is 10.1 Å². The lowest BCUT2D eigenvalue weighted by molar-refractivity contribution is 0.0695. The molecular weight excluding hydrogens is 365 g/mol. The van der Waals surface area contributed by atoms with Crippen LogP contribution in [0.3, 0.4) is 0 Å². The lowest BCUT2D eigenvalue weighted by atomic mass is 10.1. The quantitative estimate of drug-likeness (QED) is 0.570. The molecule has 1 aliphatic heterocycles. The van der Waals surface area contributed by atoms with Crippen LogP contribution in [-0.2, 0) is 0 Å². The van der Waals surface area contributed by atoms with Crippen LogP contribution in [0.2, 0.25) is 0 Å². The molecule has 3 aromatic rings. The molecule has 0 amide bonds. The zero-order valence-electron chi connectivity index (χ0n) is 15.5. The summed E-state index contributed by atoms with van der Waals surface area (Å²) < 4.78 is 16.1. The Morgan fingerprint density at radius 1 is 1.36 bits per heavy atom. The van der Waals surface area contributed by atoms with Gasteiger partial charge in [-0.15, -0.1) is 0 Å². The lowest BCUT2D eigenvalue weighted by Gasteiger charge is -2.41. The fraction of sp³-hybridized carbons (Fsp3) is 0.316. The second kappa shape index (κ2) is 6.75. The molecule has 3 heterocycles. The molecule has 1 aromatic carbocycles. The van der Waals surface area contributed by atoms with Gasteiger partial charge in [0.2, 0.25) is 5.43 Å². The van der Waals surface area contributed by atoms with E-state index in [2.05, 4.69) is 15.7 Å². The van der Waals surface area contributed by atoms with Crippen molar-refractivity contribution >= 4 is 33.6 Å². The molecule has 28 heavy (non-hydrogen) atoms. The number of nitrogens with zero attached hydrogens (tertiary/aromatic N) is 3. The molecule has 8 nitrogen and oxygen atoms in total. The maximum absolute atomic E-state index is 14.7. The van der Waals surface area contributed by atoms with E-state index in [1.165, 1.54) is 23.0 Å². The summed E-state index contributed by atoms with van der Waals surface area (Å²) in [6, 6.07) is 4.84. The zero-order chi connectivity index (χ0) is 20.0. The Morgan fingerprint density at radius 2 is 2.11 bits per heavy atom. The van der Waals surface area contributed by atoms with Gasteiger partial charge in [0.25, 0.3) is 0 Å². The van der Waals surface area contributed by atoms with E-state index >= 15 is 0 Å². The van der Waals surface area contributed by atoms with Gasteiger partial charge in [0.1, 0.15) is 11.4 Å². The number of hydrogen-bond donors (Lipinski definition) is 3. The van der Waals surface area contributed by atoms with Crippen molar-refractivity contribution in [2.24, 2.45) is 0 Å². The number of halogens is 1. The number of fused-ring (bicyclic) bond motifs is 2. The Hall–Kier alpha value is -3.20. The topological polar surface area (TPSA) is 99.5 Å². The Labute approximate surface area is 159 Å².